The minimum absolute atomic E-state index is 0.344. The zero-order chi connectivity index (χ0) is 15.5. The van der Waals surface area contributed by atoms with Crippen LogP contribution < -0.4 is 0 Å². The van der Waals surface area contributed by atoms with Crippen molar-refractivity contribution in [3.8, 4) is 0 Å². The van der Waals surface area contributed by atoms with Crippen molar-refractivity contribution < 1.29 is 22.4 Å². The van der Waals surface area contributed by atoms with E-state index in [2.05, 4.69) is 0 Å². The van der Waals surface area contributed by atoms with Gasteiger partial charge in [0, 0.05) is 13.6 Å². The molecule has 0 aliphatic rings. The summed E-state index contributed by atoms with van der Waals surface area (Å²) in [4.78, 5) is 13.2. The fourth-order valence-electron chi connectivity index (χ4n) is 1.62. The predicted octanol–water partition coefficient (Wildman–Crippen LogP) is 3.96. The number of halogens is 4. The first-order valence-corrected chi connectivity index (χ1v) is 6.25. The number of carbonyl (C=O) groups is 1. The van der Waals surface area contributed by atoms with Gasteiger partial charge >= 0.3 is 6.18 Å². The molecule has 0 unspecified atom stereocenters. The monoisotopic (exact) mass is 291 g/mol. The molecule has 0 saturated heterocycles. The summed E-state index contributed by atoms with van der Waals surface area (Å²) in [6.07, 6.45) is -3.90. The Balaban J connectivity index is 2.97. The van der Waals surface area contributed by atoms with Crippen molar-refractivity contribution >= 4 is 5.91 Å². The normalized spacial score (nSPS) is 11.8. The standard InChI is InChI=1S/C14H17F4NO/c1-9(2)6-7-19(3)13(20)11-8-10(14(16,17)18)4-5-12(11)15/h4-5,8-9H,6-7H2,1-3H3. The van der Waals surface area contributed by atoms with E-state index < -0.39 is 29.0 Å². The second-order valence-electron chi connectivity index (χ2n) is 5.10. The Labute approximate surface area is 115 Å². The van der Waals surface area contributed by atoms with Gasteiger partial charge in [-0.25, -0.2) is 4.39 Å². The van der Waals surface area contributed by atoms with Crippen molar-refractivity contribution in [1.82, 2.24) is 4.90 Å². The Morgan fingerprint density at radius 2 is 1.90 bits per heavy atom. The van der Waals surface area contributed by atoms with Crippen LogP contribution in [0.3, 0.4) is 0 Å². The first kappa shape index (κ1) is 16.5. The summed E-state index contributed by atoms with van der Waals surface area (Å²) >= 11 is 0. The molecule has 20 heavy (non-hydrogen) atoms. The van der Waals surface area contributed by atoms with Gasteiger partial charge in [0.1, 0.15) is 5.82 Å². The Kier molecular flexibility index (Phi) is 5.14. The molecule has 0 aliphatic carbocycles. The lowest BCUT2D eigenvalue weighted by atomic mass is 10.1. The van der Waals surface area contributed by atoms with Crippen molar-refractivity contribution in [2.75, 3.05) is 13.6 Å². The summed E-state index contributed by atoms with van der Waals surface area (Å²) in [7, 11) is 1.45. The number of rotatable bonds is 4. The molecule has 1 aromatic rings. The average Bonchev–Trinajstić information content (AvgIpc) is 2.34. The number of alkyl halides is 3. The smallest absolute Gasteiger partial charge is 0.342 e. The molecule has 1 amide bonds. The van der Waals surface area contributed by atoms with Crippen molar-refractivity contribution in [2.45, 2.75) is 26.4 Å². The van der Waals surface area contributed by atoms with E-state index in [1.54, 1.807) is 0 Å². The summed E-state index contributed by atoms with van der Waals surface area (Å²) in [5.74, 6) is -1.34. The second-order valence-corrected chi connectivity index (χ2v) is 5.10. The number of amides is 1. The zero-order valence-electron chi connectivity index (χ0n) is 11.6. The number of hydrogen-bond donors (Lipinski definition) is 0. The largest absolute Gasteiger partial charge is 0.416 e. The van der Waals surface area contributed by atoms with Gasteiger partial charge in [0.2, 0.25) is 0 Å². The van der Waals surface area contributed by atoms with Gasteiger partial charge in [-0.2, -0.15) is 13.2 Å². The maximum Gasteiger partial charge on any atom is 0.416 e. The van der Waals surface area contributed by atoms with E-state index in [1.807, 2.05) is 13.8 Å². The van der Waals surface area contributed by atoms with Crippen molar-refractivity contribution in [2.24, 2.45) is 5.92 Å². The van der Waals surface area contributed by atoms with Gasteiger partial charge in [0.05, 0.1) is 11.1 Å². The molecule has 0 N–H and O–H groups in total. The van der Waals surface area contributed by atoms with Crippen LogP contribution in [0.5, 0.6) is 0 Å². The van der Waals surface area contributed by atoms with E-state index in [4.69, 9.17) is 0 Å². The molecule has 2 nitrogen and oxygen atoms in total. The van der Waals surface area contributed by atoms with Gasteiger partial charge in [-0.1, -0.05) is 13.8 Å². The van der Waals surface area contributed by atoms with Crippen molar-refractivity contribution in [3.05, 3.63) is 35.1 Å². The van der Waals surface area contributed by atoms with Crippen LogP contribution >= 0.6 is 0 Å². The van der Waals surface area contributed by atoms with E-state index in [1.165, 1.54) is 11.9 Å². The van der Waals surface area contributed by atoms with Crippen LogP contribution in [0.15, 0.2) is 18.2 Å². The average molecular weight is 291 g/mol. The van der Waals surface area contributed by atoms with Gasteiger partial charge in [0.15, 0.2) is 0 Å². The summed E-state index contributed by atoms with van der Waals surface area (Å²) in [6.45, 7) is 4.29. The Morgan fingerprint density at radius 1 is 1.30 bits per heavy atom. The molecule has 0 saturated carbocycles. The molecular weight excluding hydrogens is 274 g/mol. The lowest BCUT2D eigenvalue weighted by Gasteiger charge is -2.19. The number of hydrogen-bond acceptors (Lipinski definition) is 1. The zero-order valence-corrected chi connectivity index (χ0v) is 11.6. The summed E-state index contributed by atoms with van der Waals surface area (Å²) < 4.78 is 51.3. The van der Waals surface area contributed by atoms with Crippen LogP contribution in [0.4, 0.5) is 17.6 Å². The van der Waals surface area contributed by atoms with Gasteiger partial charge in [0.25, 0.3) is 5.91 Å². The maximum absolute atomic E-state index is 13.6. The highest BCUT2D eigenvalue weighted by Crippen LogP contribution is 2.30. The third-order valence-corrected chi connectivity index (χ3v) is 2.91. The first-order chi connectivity index (χ1) is 9.12. The topological polar surface area (TPSA) is 20.3 Å². The highest BCUT2D eigenvalue weighted by molar-refractivity contribution is 5.94. The van der Waals surface area contributed by atoms with Crippen molar-refractivity contribution in [3.63, 3.8) is 0 Å². The Morgan fingerprint density at radius 3 is 2.40 bits per heavy atom. The lowest BCUT2D eigenvalue weighted by Crippen LogP contribution is -2.29. The Bertz CT molecular complexity index is 483. The molecule has 0 aliphatic heterocycles. The van der Waals surface area contributed by atoms with Gasteiger partial charge < -0.3 is 4.90 Å². The fraction of sp³-hybridized carbons (Fsp3) is 0.500. The SMILES string of the molecule is CC(C)CCN(C)C(=O)c1cc(C(F)(F)F)ccc1F. The number of carbonyl (C=O) groups excluding carboxylic acids is 1. The molecule has 6 heteroatoms. The van der Waals surface area contributed by atoms with Crippen LogP contribution in [0, 0.1) is 11.7 Å². The molecule has 0 radical (unpaired) electrons. The van der Waals surface area contributed by atoms with E-state index in [-0.39, 0.29) is 0 Å². The van der Waals surface area contributed by atoms with E-state index in [9.17, 15) is 22.4 Å². The summed E-state index contributed by atoms with van der Waals surface area (Å²) in [6, 6.07) is 1.86. The van der Waals surface area contributed by atoms with Gasteiger partial charge in [-0.3, -0.25) is 4.79 Å². The molecule has 112 valence electrons. The maximum atomic E-state index is 13.6. The highest BCUT2D eigenvalue weighted by Gasteiger charge is 2.32. The molecule has 0 aromatic heterocycles. The van der Waals surface area contributed by atoms with Crippen LogP contribution in [0.2, 0.25) is 0 Å². The van der Waals surface area contributed by atoms with E-state index >= 15 is 0 Å². The first-order valence-electron chi connectivity index (χ1n) is 6.25. The minimum atomic E-state index is -4.60. The second kappa shape index (κ2) is 6.24. The van der Waals surface area contributed by atoms with Crippen LogP contribution in [-0.4, -0.2) is 24.4 Å². The molecule has 0 fully saturated rings. The molecule has 1 rings (SSSR count). The van der Waals surface area contributed by atoms with Crippen molar-refractivity contribution in [1.29, 1.82) is 0 Å². The molecule has 0 atom stereocenters. The summed E-state index contributed by atoms with van der Waals surface area (Å²) in [5.41, 5.74) is -1.58. The molecule has 0 heterocycles. The predicted molar refractivity (Wildman–Crippen MR) is 67.8 cm³/mol. The van der Waals surface area contributed by atoms with E-state index in [0.29, 0.717) is 37.1 Å². The quantitative estimate of drug-likeness (QED) is 0.769. The fourth-order valence-corrected chi connectivity index (χ4v) is 1.62. The van der Waals surface area contributed by atoms with Gasteiger partial charge in [-0.05, 0) is 30.5 Å². The third-order valence-electron chi connectivity index (χ3n) is 2.91. The molecular formula is C14H17F4NO. The summed E-state index contributed by atoms with van der Waals surface area (Å²) in [5, 5.41) is 0. The highest BCUT2D eigenvalue weighted by atomic mass is 19.4. The molecule has 0 spiro atoms. The van der Waals surface area contributed by atoms with Crippen LogP contribution in [-0.2, 0) is 6.18 Å². The molecule has 0 bridgehead atoms. The molecule has 1 aromatic carbocycles. The lowest BCUT2D eigenvalue weighted by molar-refractivity contribution is -0.137. The van der Waals surface area contributed by atoms with Crippen LogP contribution in [0.25, 0.3) is 0 Å². The number of benzene rings is 1. The van der Waals surface area contributed by atoms with Crippen LogP contribution in [0.1, 0.15) is 36.2 Å². The van der Waals surface area contributed by atoms with E-state index in [0.717, 1.165) is 0 Å². The third kappa shape index (κ3) is 4.21. The Hall–Kier alpha value is -1.59. The minimum Gasteiger partial charge on any atom is -0.342 e. The van der Waals surface area contributed by atoms with Gasteiger partial charge in [-0.15, -0.1) is 0 Å². The number of nitrogens with zero attached hydrogens (tertiary/aromatic N) is 1.